The van der Waals surface area contributed by atoms with Crippen LogP contribution >= 0.6 is 0 Å². The first-order valence-corrected chi connectivity index (χ1v) is 22.5. The predicted molar refractivity (Wildman–Crippen MR) is 243 cm³/mol. The second-order valence-corrected chi connectivity index (χ2v) is 17.9. The normalized spacial score (nSPS) is 20.8. The van der Waals surface area contributed by atoms with Gasteiger partial charge in [-0.05, 0) is 84.7 Å². The van der Waals surface area contributed by atoms with Crippen LogP contribution in [0.2, 0.25) is 0 Å². The van der Waals surface area contributed by atoms with Gasteiger partial charge < -0.3 is 45.1 Å². The van der Waals surface area contributed by atoms with Crippen LogP contribution in [0, 0.1) is 11.8 Å². The van der Waals surface area contributed by atoms with Gasteiger partial charge in [0.2, 0.25) is 11.8 Å². The number of nitrogens with one attached hydrogen (secondary N) is 4. The number of para-hydroxylation sites is 1. The zero-order valence-corrected chi connectivity index (χ0v) is 37.2. The van der Waals surface area contributed by atoms with E-state index in [0.29, 0.717) is 18.9 Å². The number of carboxylic acid groups (broad SMARTS) is 1. The quantitative estimate of drug-likeness (QED) is 0.0772. The molecule has 3 aliphatic rings. The van der Waals surface area contributed by atoms with E-state index in [9.17, 15) is 24.3 Å². The molecule has 6 atom stereocenters. The summed E-state index contributed by atoms with van der Waals surface area (Å²) in [5.41, 5.74) is 7.34. The van der Waals surface area contributed by atoms with E-state index in [-0.39, 0.29) is 47.8 Å². The molecule has 3 aliphatic heterocycles. The zero-order valence-electron chi connectivity index (χ0n) is 37.2. The van der Waals surface area contributed by atoms with Gasteiger partial charge in [0, 0.05) is 18.8 Å². The van der Waals surface area contributed by atoms with E-state index >= 15 is 0 Å². The van der Waals surface area contributed by atoms with Gasteiger partial charge in [0.1, 0.15) is 23.7 Å². The second kappa shape index (κ2) is 19.0. The maximum absolute atomic E-state index is 13.7. The number of amides is 4. The van der Waals surface area contributed by atoms with Crippen molar-refractivity contribution < 1.29 is 29.0 Å². The molecular weight excluding hydrogens is 811 g/mol. The molecule has 3 saturated heterocycles. The highest BCUT2D eigenvalue weighted by Gasteiger charge is 2.40. The summed E-state index contributed by atoms with van der Waals surface area (Å²) < 4.78 is 4.79. The largest absolute Gasteiger partial charge is 0.465 e. The highest BCUT2D eigenvalue weighted by atomic mass is 16.5. The number of likely N-dealkylation sites (tertiary alicyclic amines) is 2. The molecule has 3 fully saturated rings. The highest BCUT2D eigenvalue weighted by Crippen LogP contribution is 2.47. The van der Waals surface area contributed by atoms with Gasteiger partial charge in [0.25, 0.3) is 0 Å². The van der Waals surface area contributed by atoms with Gasteiger partial charge in [-0.1, -0.05) is 94.4 Å². The lowest BCUT2D eigenvalue weighted by Crippen LogP contribution is -2.51. The van der Waals surface area contributed by atoms with Gasteiger partial charge in [-0.2, -0.15) is 0 Å². The maximum Gasteiger partial charge on any atom is 0.407 e. The van der Waals surface area contributed by atoms with Gasteiger partial charge in [0.15, 0.2) is 0 Å². The fourth-order valence-corrected chi connectivity index (χ4v) is 9.83. The molecule has 336 valence electrons. The van der Waals surface area contributed by atoms with Crippen LogP contribution in [0.4, 0.5) is 15.3 Å². The number of nitrogens with zero attached hydrogens (tertiary/aromatic N) is 5. The topological polar surface area (TPSA) is 189 Å². The van der Waals surface area contributed by atoms with Crippen molar-refractivity contribution in [3.8, 4) is 22.5 Å². The summed E-state index contributed by atoms with van der Waals surface area (Å²) in [6.45, 7) is 8.65. The molecule has 15 heteroatoms. The average molecular weight is 870 g/mol. The third-order valence-electron chi connectivity index (χ3n) is 13.1. The molecule has 3 aromatic carbocycles. The number of carbonyl (C=O) groups excluding carboxylic acids is 3. The lowest BCUT2D eigenvalue weighted by Gasteiger charge is -2.33. The second-order valence-electron chi connectivity index (χ2n) is 17.9. The van der Waals surface area contributed by atoms with E-state index < -0.39 is 24.3 Å². The Morgan fingerprint density at radius 2 is 1.09 bits per heavy atom. The van der Waals surface area contributed by atoms with Crippen LogP contribution in [0.1, 0.15) is 113 Å². The van der Waals surface area contributed by atoms with Crippen LogP contribution in [-0.4, -0.2) is 91.1 Å². The number of benzene rings is 3. The Morgan fingerprint density at radius 3 is 1.52 bits per heavy atom. The number of aromatic nitrogens is 4. The number of hydrogen-bond acceptors (Lipinski definition) is 8. The van der Waals surface area contributed by atoms with E-state index in [1.54, 1.807) is 4.90 Å². The monoisotopic (exact) mass is 869 g/mol. The Kier molecular flexibility index (Phi) is 13.1. The first kappa shape index (κ1) is 44.0. The van der Waals surface area contributed by atoms with Crippen molar-refractivity contribution in [3.63, 3.8) is 0 Å². The first-order valence-electron chi connectivity index (χ1n) is 22.5. The van der Waals surface area contributed by atoms with E-state index in [0.717, 1.165) is 72.6 Å². The number of carbonyl (C=O) groups is 4. The smallest absolute Gasteiger partial charge is 0.407 e. The Hall–Kier alpha value is -6.64. The van der Waals surface area contributed by atoms with Crippen LogP contribution < -0.4 is 15.5 Å². The zero-order chi connectivity index (χ0) is 45.1. The number of methoxy groups -OCH3 is 1. The maximum atomic E-state index is 13.7. The number of aromatic amines is 2. The van der Waals surface area contributed by atoms with Crippen molar-refractivity contribution in [1.82, 2.24) is 40.4 Å². The van der Waals surface area contributed by atoms with E-state index in [1.807, 2.05) is 51.1 Å². The number of H-pyrrole nitrogens is 2. The summed E-state index contributed by atoms with van der Waals surface area (Å²) in [5, 5.41) is 14.5. The molecule has 0 unspecified atom stereocenters. The molecule has 8 rings (SSSR count). The van der Waals surface area contributed by atoms with Gasteiger partial charge in [-0.3, -0.25) is 9.59 Å². The van der Waals surface area contributed by atoms with Crippen molar-refractivity contribution in [3.05, 3.63) is 114 Å². The fraction of sp³-hybridized carbons (Fsp3) is 0.429. The Morgan fingerprint density at radius 1 is 0.641 bits per heavy atom. The molecule has 0 radical (unpaired) electrons. The third kappa shape index (κ3) is 9.06. The summed E-state index contributed by atoms with van der Waals surface area (Å²) in [5.74, 6) is 0.778. The SMILES string of the molecule is COC(=O)N[C@H](C(=O)N1CCC[C@H]1c1ncc(-c2ccc([C@H]3CC[C@H](c4ccc(-c5cnc([C@@H]6CCCN6C(=O)[C@@H](NC(=O)O)C(C)C)[nH]5)cc4)N3c3ccccc3)cc2)[nH]1)C(C)C. The number of anilines is 1. The molecule has 5 aromatic rings. The molecule has 0 aliphatic carbocycles. The molecule has 0 saturated carbocycles. The number of alkyl carbamates (subject to hydrolysis) is 1. The minimum absolute atomic E-state index is 0.110. The van der Waals surface area contributed by atoms with Crippen molar-refractivity contribution in [1.29, 1.82) is 0 Å². The van der Waals surface area contributed by atoms with E-state index in [1.165, 1.54) is 18.2 Å². The predicted octanol–water partition coefficient (Wildman–Crippen LogP) is 8.55. The fourth-order valence-electron chi connectivity index (χ4n) is 9.83. The summed E-state index contributed by atoms with van der Waals surface area (Å²) >= 11 is 0. The molecule has 0 bridgehead atoms. The number of imidazole rings is 2. The van der Waals surface area contributed by atoms with Crippen LogP contribution in [0.25, 0.3) is 22.5 Å². The van der Waals surface area contributed by atoms with Gasteiger partial charge >= 0.3 is 12.2 Å². The molecule has 4 amide bonds. The lowest BCUT2D eigenvalue weighted by atomic mass is 10.0. The van der Waals surface area contributed by atoms with Crippen LogP contribution in [0.3, 0.4) is 0 Å². The van der Waals surface area contributed by atoms with Gasteiger partial charge in [-0.25, -0.2) is 19.6 Å². The third-order valence-corrected chi connectivity index (χ3v) is 13.1. The van der Waals surface area contributed by atoms with Crippen molar-refractivity contribution in [2.24, 2.45) is 11.8 Å². The summed E-state index contributed by atoms with van der Waals surface area (Å²) in [7, 11) is 1.30. The summed E-state index contributed by atoms with van der Waals surface area (Å²) in [6, 6.07) is 26.2. The van der Waals surface area contributed by atoms with E-state index in [2.05, 4.69) is 98.3 Å². The van der Waals surface area contributed by atoms with Crippen molar-refractivity contribution in [2.75, 3.05) is 25.1 Å². The highest BCUT2D eigenvalue weighted by molar-refractivity contribution is 5.87. The number of ether oxygens (including phenoxy) is 1. The van der Waals surface area contributed by atoms with Gasteiger partial charge in [-0.15, -0.1) is 0 Å². The molecule has 64 heavy (non-hydrogen) atoms. The Balaban J connectivity index is 0.967. The molecule has 0 spiro atoms. The van der Waals surface area contributed by atoms with E-state index in [4.69, 9.17) is 14.7 Å². The van der Waals surface area contributed by atoms with Crippen LogP contribution in [0.15, 0.2) is 91.3 Å². The van der Waals surface area contributed by atoms with Crippen molar-refractivity contribution >= 4 is 29.7 Å². The minimum Gasteiger partial charge on any atom is -0.465 e. The first-order chi connectivity index (χ1) is 30.9. The molecule has 2 aromatic heterocycles. The Labute approximate surface area is 374 Å². The number of hydrogen-bond donors (Lipinski definition) is 5. The van der Waals surface area contributed by atoms with Crippen LogP contribution in [-0.2, 0) is 14.3 Å². The van der Waals surface area contributed by atoms with Gasteiger partial charge in [0.05, 0.1) is 55.1 Å². The number of rotatable bonds is 13. The summed E-state index contributed by atoms with van der Waals surface area (Å²) in [4.78, 5) is 73.3. The lowest BCUT2D eigenvalue weighted by molar-refractivity contribution is -0.136. The standard InChI is InChI=1S/C49H59N9O6/c1-29(2)42(54-48(61)62)46(59)56-25-9-13-40(56)44-50-27-36(52-44)31-15-19-33(20-16-31)38-23-24-39(58(38)35-11-7-6-8-12-35)34-21-17-32(18-22-34)37-28-51-45(53-37)41-14-10-26-57(41)47(60)43(30(3)4)55-49(63)64-5/h6-8,11-12,15-22,27-30,38-43,54H,9-10,13-14,23-26H2,1-5H3,(H,50,52)(H,51,53)(H,55,63)(H,61,62)/t38-,39-,40+,41+,42+,43+/m1/s1. The molecule has 15 nitrogen and oxygen atoms in total. The van der Waals surface area contributed by atoms with Crippen molar-refractivity contribution in [2.45, 2.75) is 102 Å². The Bertz CT molecular complexity index is 2410. The average Bonchev–Trinajstić information content (AvgIpc) is 4.16. The molecule has 5 N–H and O–H groups in total. The van der Waals surface area contributed by atoms with Crippen LogP contribution in [0.5, 0.6) is 0 Å². The molecular formula is C49H59N9O6. The summed E-state index contributed by atoms with van der Waals surface area (Å²) in [6.07, 6.45) is 6.97. The minimum atomic E-state index is -1.21. The molecule has 5 heterocycles.